The summed E-state index contributed by atoms with van der Waals surface area (Å²) in [4.78, 5) is 14.4. The summed E-state index contributed by atoms with van der Waals surface area (Å²) in [6, 6.07) is 0.659. The van der Waals surface area contributed by atoms with Crippen molar-refractivity contribution in [3.05, 3.63) is 21.0 Å². The lowest BCUT2D eigenvalue weighted by Crippen LogP contribution is -2.42. The Kier molecular flexibility index (Phi) is 4.62. The topological polar surface area (TPSA) is 50.2 Å². The van der Waals surface area contributed by atoms with Crippen LogP contribution in [0.1, 0.15) is 32.7 Å². The zero-order chi connectivity index (χ0) is 14.0. The lowest BCUT2D eigenvalue weighted by Gasteiger charge is -2.33. The molecule has 0 unspecified atom stereocenters. The van der Waals surface area contributed by atoms with Gasteiger partial charge in [0.2, 0.25) is 0 Å². The summed E-state index contributed by atoms with van der Waals surface area (Å²) in [6.45, 7) is 5.83. The van der Waals surface area contributed by atoms with Crippen LogP contribution in [-0.4, -0.2) is 36.0 Å². The number of anilines is 1. The van der Waals surface area contributed by atoms with E-state index >= 15 is 0 Å². The van der Waals surface area contributed by atoms with Crippen molar-refractivity contribution < 1.29 is 0 Å². The number of nitrogens with one attached hydrogen (secondary N) is 1. The second-order valence-electron chi connectivity index (χ2n) is 5.24. The number of piperidine rings is 1. The third-order valence-electron chi connectivity index (χ3n) is 3.66. The van der Waals surface area contributed by atoms with Gasteiger partial charge < -0.3 is 10.2 Å². The molecule has 1 aromatic rings. The van der Waals surface area contributed by atoms with Crippen molar-refractivity contribution in [1.29, 1.82) is 0 Å². The molecule has 0 saturated carbocycles. The van der Waals surface area contributed by atoms with Crippen LogP contribution in [0, 0.1) is 0 Å². The first-order valence-electron chi connectivity index (χ1n) is 6.74. The molecule has 19 heavy (non-hydrogen) atoms. The van der Waals surface area contributed by atoms with Crippen molar-refractivity contribution in [3.63, 3.8) is 0 Å². The lowest BCUT2D eigenvalue weighted by atomic mass is 10.1. The van der Waals surface area contributed by atoms with Crippen molar-refractivity contribution >= 4 is 21.6 Å². The van der Waals surface area contributed by atoms with Gasteiger partial charge in [-0.15, -0.1) is 0 Å². The molecule has 6 heteroatoms. The van der Waals surface area contributed by atoms with Crippen molar-refractivity contribution in [3.8, 4) is 0 Å². The third kappa shape index (κ3) is 3.00. The Bertz CT molecular complexity index is 492. The molecule has 0 aromatic carbocycles. The molecular weight excluding hydrogens is 308 g/mol. The minimum Gasteiger partial charge on any atom is -0.369 e. The smallest absolute Gasteiger partial charge is 0.283 e. The molecule has 0 atom stereocenters. The molecule has 0 radical (unpaired) electrons. The van der Waals surface area contributed by atoms with E-state index in [0.29, 0.717) is 10.5 Å². The minimum absolute atomic E-state index is 0.0526. The average Bonchev–Trinajstić information content (AvgIpc) is 2.41. The molecule has 1 aromatic heterocycles. The summed E-state index contributed by atoms with van der Waals surface area (Å²) in [5.41, 5.74) is 0.861. The van der Waals surface area contributed by atoms with Crippen molar-refractivity contribution in [2.75, 3.05) is 25.0 Å². The molecule has 0 amide bonds. The predicted octanol–water partition coefficient (Wildman–Crippen LogP) is 1.77. The first-order valence-corrected chi connectivity index (χ1v) is 7.53. The average molecular weight is 329 g/mol. The van der Waals surface area contributed by atoms with Crippen LogP contribution in [-0.2, 0) is 0 Å². The highest BCUT2D eigenvalue weighted by molar-refractivity contribution is 9.10. The zero-order valence-electron chi connectivity index (χ0n) is 11.7. The maximum atomic E-state index is 12.2. The third-order valence-corrected chi connectivity index (χ3v) is 4.40. The molecular formula is C13H21BrN4O. The van der Waals surface area contributed by atoms with Crippen molar-refractivity contribution in [2.24, 2.45) is 0 Å². The van der Waals surface area contributed by atoms with E-state index in [-0.39, 0.29) is 11.6 Å². The number of aromatic nitrogens is 2. The monoisotopic (exact) mass is 328 g/mol. The largest absolute Gasteiger partial charge is 0.369 e. The SMILES string of the molecule is CNC1CCN(c2cnn(C(C)C)c(=O)c2Br)CC1. The fraction of sp³-hybridized carbons (Fsp3) is 0.692. The van der Waals surface area contributed by atoms with Crippen LogP contribution in [0.15, 0.2) is 15.5 Å². The van der Waals surface area contributed by atoms with Crippen LogP contribution in [0.5, 0.6) is 0 Å². The van der Waals surface area contributed by atoms with Gasteiger partial charge in [-0.25, -0.2) is 4.68 Å². The molecule has 1 aliphatic rings. The van der Waals surface area contributed by atoms with Gasteiger partial charge in [0.05, 0.1) is 17.9 Å². The summed E-state index contributed by atoms with van der Waals surface area (Å²) in [7, 11) is 2.00. The molecule has 2 heterocycles. The fourth-order valence-electron chi connectivity index (χ4n) is 2.43. The van der Waals surface area contributed by atoms with E-state index in [0.717, 1.165) is 31.6 Å². The van der Waals surface area contributed by atoms with E-state index in [1.807, 2.05) is 20.9 Å². The molecule has 1 aliphatic heterocycles. The Morgan fingerprint density at radius 1 is 1.42 bits per heavy atom. The van der Waals surface area contributed by atoms with Gasteiger partial charge in [0.25, 0.3) is 5.56 Å². The van der Waals surface area contributed by atoms with Gasteiger partial charge in [-0.3, -0.25) is 4.79 Å². The van der Waals surface area contributed by atoms with E-state index in [9.17, 15) is 4.79 Å². The molecule has 0 spiro atoms. The normalized spacial score (nSPS) is 17.2. The number of rotatable bonds is 3. The van der Waals surface area contributed by atoms with Crippen LogP contribution < -0.4 is 15.8 Å². The van der Waals surface area contributed by atoms with Crippen molar-refractivity contribution in [2.45, 2.75) is 38.8 Å². The van der Waals surface area contributed by atoms with Gasteiger partial charge in [-0.05, 0) is 49.7 Å². The Morgan fingerprint density at radius 3 is 2.58 bits per heavy atom. The van der Waals surface area contributed by atoms with Crippen LogP contribution in [0.25, 0.3) is 0 Å². The first kappa shape index (κ1) is 14.5. The van der Waals surface area contributed by atoms with Gasteiger partial charge in [-0.1, -0.05) is 0 Å². The standard InChI is InChI=1S/C13H21BrN4O/c1-9(2)18-13(19)12(14)11(8-16-18)17-6-4-10(15-3)5-7-17/h8-10,15H,4-7H2,1-3H3. The zero-order valence-corrected chi connectivity index (χ0v) is 13.3. The highest BCUT2D eigenvalue weighted by atomic mass is 79.9. The second-order valence-corrected chi connectivity index (χ2v) is 6.03. The van der Waals surface area contributed by atoms with Gasteiger partial charge in [0.15, 0.2) is 0 Å². The Balaban J connectivity index is 2.23. The van der Waals surface area contributed by atoms with E-state index in [1.165, 1.54) is 4.68 Å². The summed E-state index contributed by atoms with van der Waals surface area (Å²) < 4.78 is 2.13. The summed E-state index contributed by atoms with van der Waals surface area (Å²) in [5.74, 6) is 0. The van der Waals surface area contributed by atoms with Gasteiger partial charge in [-0.2, -0.15) is 5.10 Å². The molecule has 0 aliphatic carbocycles. The van der Waals surface area contributed by atoms with E-state index in [2.05, 4.69) is 31.2 Å². The number of hydrogen-bond acceptors (Lipinski definition) is 4. The minimum atomic E-state index is -0.0526. The number of hydrogen-bond donors (Lipinski definition) is 1. The van der Waals surface area contributed by atoms with Gasteiger partial charge in [0.1, 0.15) is 4.47 Å². The molecule has 1 saturated heterocycles. The molecule has 106 valence electrons. The maximum Gasteiger partial charge on any atom is 0.283 e. The van der Waals surface area contributed by atoms with Gasteiger partial charge in [0, 0.05) is 19.1 Å². The summed E-state index contributed by atoms with van der Waals surface area (Å²) in [5, 5.41) is 7.58. The van der Waals surface area contributed by atoms with Crippen molar-refractivity contribution in [1.82, 2.24) is 15.1 Å². The molecule has 0 bridgehead atoms. The van der Waals surface area contributed by atoms with E-state index < -0.39 is 0 Å². The Morgan fingerprint density at radius 2 is 2.05 bits per heavy atom. The van der Waals surface area contributed by atoms with Crippen LogP contribution >= 0.6 is 15.9 Å². The first-order chi connectivity index (χ1) is 9.04. The quantitative estimate of drug-likeness (QED) is 0.918. The predicted molar refractivity (Wildman–Crippen MR) is 80.9 cm³/mol. The highest BCUT2D eigenvalue weighted by Gasteiger charge is 2.21. The van der Waals surface area contributed by atoms with Crippen LogP contribution in [0.3, 0.4) is 0 Å². The summed E-state index contributed by atoms with van der Waals surface area (Å²) in [6.07, 6.45) is 3.98. The highest BCUT2D eigenvalue weighted by Crippen LogP contribution is 2.25. The molecule has 1 fully saturated rings. The molecule has 1 N–H and O–H groups in total. The number of halogens is 1. The molecule has 2 rings (SSSR count). The van der Waals surface area contributed by atoms with Crippen LogP contribution in [0.2, 0.25) is 0 Å². The lowest BCUT2D eigenvalue weighted by molar-refractivity contribution is 0.440. The van der Waals surface area contributed by atoms with E-state index in [4.69, 9.17) is 0 Å². The fourth-order valence-corrected chi connectivity index (χ4v) is 2.97. The summed E-state index contributed by atoms with van der Waals surface area (Å²) >= 11 is 3.44. The van der Waals surface area contributed by atoms with E-state index in [1.54, 1.807) is 6.20 Å². The Hall–Kier alpha value is -0.880. The van der Waals surface area contributed by atoms with Crippen LogP contribution in [0.4, 0.5) is 5.69 Å². The maximum absolute atomic E-state index is 12.2. The molecule has 5 nitrogen and oxygen atoms in total. The second kappa shape index (κ2) is 6.05. The Labute approximate surface area is 122 Å². The van der Waals surface area contributed by atoms with Gasteiger partial charge >= 0.3 is 0 Å². The number of nitrogens with zero attached hydrogens (tertiary/aromatic N) is 3.